The Morgan fingerprint density at radius 2 is 0.474 bits per heavy atom. The second-order valence-electron chi connectivity index (χ2n) is 28.6. The van der Waals surface area contributed by atoms with E-state index < -0.39 is 97.5 Å². The van der Waals surface area contributed by atoms with Crippen molar-refractivity contribution in [3.05, 3.63) is 0 Å². The zero-order chi connectivity index (χ0) is 71.2. The Bertz CT molecular complexity index is 1860. The molecule has 0 amide bonds. The van der Waals surface area contributed by atoms with E-state index in [0.29, 0.717) is 25.7 Å². The molecule has 0 aliphatic heterocycles. The summed E-state index contributed by atoms with van der Waals surface area (Å²) >= 11 is 0. The van der Waals surface area contributed by atoms with Crippen LogP contribution in [0, 0.1) is 5.92 Å². The molecule has 0 rings (SSSR count). The van der Waals surface area contributed by atoms with Crippen molar-refractivity contribution in [1.29, 1.82) is 0 Å². The highest BCUT2D eigenvalue weighted by molar-refractivity contribution is 7.47. The molecule has 0 fully saturated rings. The number of aliphatic hydroxyl groups excluding tert-OH is 1. The quantitative estimate of drug-likeness (QED) is 0.0222. The lowest BCUT2D eigenvalue weighted by atomic mass is 10.0. The molecule has 0 bridgehead atoms. The first-order valence-electron chi connectivity index (χ1n) is 40.6. The summed E-state index contributed by atoms with van der Waals surface area (Å²) in [6.07, 6.45) is 60.8. The van der Waals surface area contributed by atoms with Crippen LogP contribution in [0.4, 0.5) is 0 Å². The van der Waals surface area contributed by atoms with Gasteiger partial charge in [0.25, 0.3) is 0 Å². The summed E-state index contributed by atoms with van der Waals surface area (Å²) < 4.78 is 68.7. The lowest BCUT2D eigenvalue weighted by Gasteiger charge is -2.21. The highest BCUT2D eigenvalue weighted by atomic mass is 31.2. The Balaban J connectivity index is 5.27. The standard InChI is InChI=1S/C78H152O17P2/c1-6-9-12-15-18-21-24-27-29-32-37-42-47-52-57-62-76(81)89-68-74(95-78(83)64-59-54-49-44-39-34-33-35-40-45-50-55-60-71(4)5)70-93-97(86,87)91-66-72(79)65-90-96(84,85)92-69-73(67-88-75(80)61-56-51-46-41-36-30-26-23-20-17-14-11-8-3)94-77(82)63-58-53-48-43-38-31-28-25-22-19-16-13-10-7-2/h71-74,79H,6-70H2,1-5H3,(H,84,85)(H,86,87)/t72-,73+,74+/m0/s1. The van der Waals surface area contributed by atoms with Crippen LogP contribution in [0.2, 0.25) is 0 Å². The number of unbranched alkanes of at least 4 members (excludes halogenated alkanes) is 50. The fourth-order valence-electron chi connectivity index (χ4n) is 12.1. The minimum absolute atomic E-state index is 0.108. The number of rotatable bonds is 78. The zero-order valence-corrected chi connectivity index (χ0v) is 65.0. The summed E-state index contributed by atoms with van der Waals surface area (Å²) in [7, 11) is -9.91. The SMILES string of the molecule is CCCCCCCCCCCCCCCCCC(=O)OC[C@H](COP(=O)(O)OC[C@@H](O)COP(=O)(O)OC[C@@H](COC(=O)CCCCCCCCCCCCCCC)OC(=O)CCCCCCCCCCCCCCCC)OC(=O)CCCCCCCCCCCCCCC(C)C. The second-order valence-corrected chi connectivity index (χ2v) is 31.5. The Morgan fingerprint density at radius 3 is 0.701 bits per heavy atom. The summed E-state index contributed by atoms with van der Waals surface area (Å²) in [6.45, 7) is 7.33. The lowest BCUT2D eigenvalue weighted by Crippen LogP contribution is -2.30. The molecule has 0 aliphatic rings. The number of aliphatic hydroxyl groups is 1. The predicted molar refractivity (Wildman–Crippen MR) is 395 cm³/mol. The molecule has 17 nitrogen and oxygen atoms in total. The van der Waals surface area contributed by atoms with E-state index in [1.54, 1.807) is 0 Å². The topological polar surface area (TPSA) is 237 Å². The van der Waals surface area contributed by atoms with Gasteiger partial charge >= 0.3 is 39.5 Å². The largest absolute Gasteiger partial charge is 0.472 e. The minimum Gasteiger partial charge on any atom is -0.462 e. The number of hydrogen-bond donors (Lipinski definition) is 3. The number of phosphoric ester groups is 2. The number of hydrogen-bond acceptors (Lipinski definition) is 15. The van der Waals surface area contributed by atoms with Crippen LogP contribution in [0.25, 0.3) is 0 Å². The van der Waals surface area contributed by atoms with Gasteiger partial charge in [-0.3, -0.25) is 37.3 Å². The molecule has 0 saturated heterocycles. The van der Waals surface area contributed by atoms with Gasteiger partial charge in [-0.1, -0.05) is 362 Å². The van der Waals surface area contributed by atoms with Gasteiger partial charge in [0.15, 0.2) is 12.2 Å². The van der Waals surface area contributed by atoms with Crippen molar-refractivity contribution < 1.29 is 80.2 Å². The number of esters is 4. The van der Waals surface area contributed by atoms with Crippen molar-refractivity contribution in [2.45, 2.75) is 432 Å². The van der Waals surface area contributed by atoms with E-state index in [2.05, 4.69) is 34.6 Å². The Morgan fingerprint density at radius 1 is 0.278 bits per heavy atom. The van der Waals surface area contributed by atoms with Gasteiger partial charge in [0.2, 0.25) is 0 Å². The molecule has 97 heavy (non-hydrogen) atoms. The molecule has 0 heterocycles. The molecule has 0 aliphatic carbocycles. The van der Waals surface area contributed by atoms with E-state index in [9.17, 15) is 43.2 Å². The van der Waals surface area contributed by atoms with Crippen LogP contribution >= 0.6 is 15.6 Å². The highest BCUT2D eigenvalue weighted by Crippen LogP contribution is 2.45. The average Bonchev–Trinajstić information content (AvgIpc) is 1.41. The van der Waals surface area contributed by atoms with Gasteiger partial charge in [-0.05, 0) is 31.6 Å². The Hall–Kier alpha value is -1.94. The third-order valence-electron chi connectivity index (χ3n) is 18.3. The van der Waals surface area contributed by atoms with Crippen LogP contribution in [0.1, 0.15) is 413 Å². The molecule has 3 N–H and O–H groups in total. The number of phosphoric acid groups is 2. The smallest absolute Gasteiger partial charge is 0.462 e. The Labute approximate surface area is 594 Å². The maximum absolute atomic E-state index is 13.1. The molecule has 0 aromatic rings. The molecule has 5 atom stereocenters. The average molecular weight is 1420 g/mol. The first-order chi connectivity index (χ1) is 47.0. The number of carbonyl (C=O) groups is 4. The second kappa shape index (κ2) is 71.1. The Kier molecular flexibility index (Phi) is 69.6. The van der Waals surface area contributed by atoms with Gasteiger partial charge in [0.1, 0.15) is 19.3 Å². The summed E-state index contributed by atoms with van der Waals surface area (Å²) in [5, 5.41) is 10.6. The monoisotopic (exact) mass is 1420 g/mol. The van der Waals surface area contributed by atoms with E-state index in [-0.39, 0.29) is 25.7 Å². The third kappa shape index (κ3) is 72.2. The maximum Gasteiger partial charge on any atom is 0.472 e. The third-order valence-corrected chi connectivity index (χ3v) is 20.2. The van der Waals surface area contributed by atoms with Gasteiger partial charge in [0, 0.05) is 25.7 Å². The number of ether oxygens (including phenoxy) is 4. The highest BCUT2D eigenvalue weighted by Gasteiger charge is 2.30. The van der Waals surface area contributed by atoms with Crippen molar-refractivity contribution in [2.75, 3.05) is 39.6 Å². The normalized spacial score (nSPS) is 13.9. The van der Waals surface area contributed by atoms with E-state index in [1.165, 1.54) is 238 Å². The van der Waals surface area contributed by atoms with Crippen molar-refractivity contribution >= 4 is 39.5 Å². The van der Waals surface area contributed by atoms with E-state index in [4.69, 9.17) is 37.0 Å². The van der Waals surface area contributed by atoms with Crippen LogP contribution < -0.4 is 0 Å². The molecule has 0 saturated carbocycles. The first kappa shape index (κ1) is 95.1. The maximum atomic E-state index is 13.1. The summed E-state index contributed by atoms with van der Waals surface area (Å²) in [4.78, 5) is 73.0. The number of carbonyl (C=O) groups excluding carboxylic acids is 4. The van der Waals surface area contributed by atoms with Gasteiger partial charge in [0.05, 0.1) is 26.4 Å². The lowest BCUT2D eigenvalue weighted by molar-refractivity contribution is -0.161. The van der Waals surface area contributed by atoms with Crippen LogP contribution in [0.15, 0.2) is 0 Å². The predicted octanol–water partition coefficient (Wildman–Crippen LogP) is 23.3. The fourth-order valence-corrected chi connectivity index (χ4v) is 13.6. The molecule has 0 aromatic heterocycles. The molecule has 19 heteroatoms. The molecule has 576 valence electrons. The van der Waals surface area contributed by atoms with Crippen molar-refractivity contribution in [1.82, 2.24) is 0 Å². The summed E-state index contributed by atoms with van der Waals surface area (Å²) in [5.74, 6) is -1.33. The van der Waals surface area contributed by atoms with E-state index in [0.717, 1.165) is 95.8 Å². The molecule has 0 radical (unpaired) electrons. The van der Waals surface area contributed by atoms with Crippen LogP contribution in [-0.4, -0.2) is 96.7 Å². The molecule has 0 spiro atoms. The fraction of sp³-hybridized carbons (Fsp3) is 0.949. The summed E-state index contributed by atoms with van der Waals surface area (Å²) in [6, 6.07) is 0. The molecular weight excluding hydrogens is 1270 g/mol. The van der Waals surface area contributed by atoms with Crippen molar-refractivity contribution in [3.63, 3.8) is 0 Å². The van der Waals surface area contributed by atoms with Gasteiger partial charge in [-0.2, -0.15) is 0 Å². The van der Waals surface area contributed by atoms with Gasteiger partial charge in [-0.25, -0.2) is 9.13 Å². The zero-order valence-electron chi connectivity index (χ0n) is 63.2. The minimum atomic E-state index is -4.96. The van der Waals surface area contributed by atoms with Crippen LogP contribution in [0.5, 0.6) is 0 Å². The van der Waals surface area contributed by atoms with Gasteiger partial charge < -0.3 is 33.8 Å². The van der Waals surface area contributed by atoms with E-state index >= 15 is 0 Å². The summed E-state index contributed by atoms with van der Waals surface area (Å²) in [5.41, 5.74) is 0. The van der Waals surface area contributed by atoms with E-state index in [1.807, 2.05) is 0 Å². The molecular formula is C78H152O17P2. The molecule has 0 aromatic carbocycles. The van der Waals surface area contributed by atoms with Crippen molar-refractivity contribution in [2.24, 2.45) is 5.92 Å². The van der Waals surface area contributed by atoms with Crippen molar-refractivity contribution in [3.8, 4) is 0 Å². The van der Waals surface area contributed by atoms with Gasteiger partial charge in [-0.15, -0.1) is 0 Å². The van der Waals surface area contributed by atoms with Crippen LogP contribution in [0.3, 0.4) is 0 Å². The molecule has 2 unspecified atom stereocenters. The van der Waals surface area contributed by atoms with Crippen LogP contribution in [-0.2, 0) is 65.4 Å². The first-order valence-corrected chi connectivity index (χ1v) is 43.6.